The molecular weight excluding hydrogens is 245 g/mol. The molecular formula is C15H22FNO2. The first-order valence-corrected chi connectivity index (χ1v) is 6.44. The molecule has 1 amide bonds. The molecule has 1 unspecified atom stereocenters. The Morgan fingerprint density at radius 1 is 1.37 bits per heavy atom. The standard InChI is InChI=1S/C14H19NO2.CH3F/c1-10(14(2)7-8-15-13(14)17)12-5-3-11(9-16)4-6-12;1-2/h3-6,10,16H,7-9H2,1-2H3,(H,15,17);1H3/t10?,14-;/m0./s1. The third kappa shape index (κ3) is 3.13. The predicted octanol–water partition coefficient (Wildman–Crippen LogP) is 2.39. The van der Waals surface area contributed by atoms with Crippen molar-refractivity contribution < 1.29 is 14.3 Å². The molecule has 0 aliphatic carbocycles. The Morgan fingerprint density at radius 2 is 1.95 bits per heavy atom. The molecule has 1 heterocycles. The average molecular weight is 267 g/mol. The normalized spacial score (nSPS) is 23.3. The van der Waals surface area contributed by atoms with E-state index in [1.165, 1.54) is 0 Å². The van der Waals surface area contributed by atoms with Crippen molar-refractivity contribution in [1.29, 1.82) is 0 Å². The van der Waals surface area contributed by atoms with Crippen molar-refractivity contribution in [3.8, 4) is 0 Å². The summed E-state index contributed by atoms with van der Waals surface area (Å²) in [6.07, 6.45) is 0.884. The van der Waals surface area contributed by atoms with E-state index < -0.39 is 0 Å². The van der Waals surface area contributed by atoms with E-state index in [-0.39, 0.29) is 23.8 Å². The van der Waals surface area contributed by atoms with Gasteiger partial charge in [0.05, 0.1) is 19.2 Å². The Bertz CT molecular complexity index is 419. The second-order valence-corrected chi connectivity index (χ2v) is 5.04. The molecule has 1 aliphatic heterocycles. The fourth-order valence-corrected chi connectivity index (χ4v) is 2.44. The molecule has 3 nitrogen and oxygen atoms in total. The van der Waals surface area contributed by atoms with Crippen molar-refractivity contribution in [3.05, 3.63) is 35.4 Å². The summed E-state index contributed by atoms with van der Waals surface area (Å²) in [5.41, 5.74) is 1.75. The van der Waals surface area contributed by atoms with E-state index in [0.29, 0.717) is 7.18 Å². The highest BCUT2D eigenvalue weighted by atomic mass is 19.1. The van der Waals surface area contributed by atoms with E-state index >= 15 is 0 Å². The molecule has 0 aromatic heterocycles. The molecule has 2 atom stereocenters. The van der Waals surface area contributed by atoms with Crippen LogP contribution in [0.5, 0.6) is 0 Å². The maximum absolute atomic E-state index is 11.9. The highest BCUT2D eigenvalue weighted by molar-refractivity contribution is 5.85. The van der Waals surface area contributed by atoms with Crippen LogP contribution in [0.2, 0.25) is 0 Å². The fourth-order valence-electron chi connectivity index (χ4n) is 2.44. The Hall–Kier alpha value is -1.42. The van der Waals surface area contributed by atoms with Gasteiger partial charge < -0.3 is 10.4 Å². The van der Waals surface area contributed by atoms with Crippen molar-refractivity contribution in [1.82, 2.24) is 5.32 Å². The second-order valence-electron chi connectivity index (χ2n) is 5.04. The minimum Gasteiger partial charge on any atom is -0.392 e. The highest BCUT2D eigenvalue weighted by Crippen LogP contribution is 2.41. The number of aliphatic hydroxyl groups excluding tert-OH is 1. The van der Waals surface area contributed by atoms with Crippen LogP contribution in [0, 0.1) is 5.41 Å². The molecule has 2 rings (SSSR count). The van der Waals surface area contributed by atoms with Crippen LogP contribution in [0.1, 0.15) is 37.3 Å². The molecule has 19 heavy (non-hydrogen) atoms. The number of nitrogens with one attached hydrogen (secondary N) is 1. The summed E-state index contributed by atoms with van der Waals surface area (Å²) < 4.78 is 9.50. The van der Waals surface area contributed by atoms with Gasteiger partial charge >= 0.3 is 0 Å². The van der Waals surface area contributed by atoms with Gasteiger partial charge in [-0.1, -0.05) is 38.1 Å². The smallest absolute Gasteiger partial charge is 0.226 e. The van der Waals surface area contributed by atoms with E-state index in [1.807, 2.05) is 31.2 Å². The van der Waals surface area contributed by atoms with Crippen molar-refractivity contribution in [2.75, 3.05) is 13.7 Å². The molecule has 0 bridgehead atoms. The van der Waals surface area contributed by atoms with Crippen molar-refractivity contribution in [2.45, 2.75) is 32.8 Å². The second kappa shape index (κ2) is 6.66. The third-order valence-electron chi connectivity index (χ3n) is 4.07. The first-order chi connectivity index (χ1) is 9.08. The van der Waals surface area contributed by atoms with Crippen molar-refractivity contribution >= 4 is 5.91 Å². The van der Waals surface area contributed by atoms with E-state index in [4.69, 9.17) is 5.11 Å². The zero-order valence-electron chi connectivity index (χ0n) is 11.7. The lowest BCUT2D eigenvalue weighted by atomic mass is 9.73. The van der Waals surface area contributed by atoms with Gasteiger partial charge in [0.15, 0.2) is 0 Å². The monoisotopic (exact) mass is 267 g/mol. The SMILES string of the molecule is CC(c1ccc(CO)cc1)[C@]1(C)CCNC1=O.CF. The summed E-state index contributed by atoms with van der Waals surface area (Å²) >= 11 is 0. The zero-order valence-corrected chi connectivity index (χ0v) is 11.7. The largest absolute Gasteiger partial charge is 0.392 e. The third-order valence-corrected chi connectivity index (χ3v) is 4.07. The maximum atomic E-state index is 11.9. The Balaban J connectivity index is 0.000000861. The lowest BCUT2D eigenvalue weighted by Crippen LogP contribution is -2.33. The van der Waals surface area contributed by atoms with E-state index in [0.717, 1.165) is 24.1 Å². The van der Waals surface area contributed by atoms with E-state index in [9.17, 15) is 9.18 Å². The molecule has 1 fully saturated rings. The first-order valence-electron chi connectivity index (χ1n) is 6.44. The molecule has 1 aromatic rings. The lowest BCUT2D eigenvalue weighted by Gasteiger charge is -2.28. The predicted molar refractivity (Wildman–Crippen MR) is 73.5 cm³/mol. The number of hydrogen-bond donors (Lipinski definition) is 2. The van der Waals surface area contributed by atoms with Gasteiger partial charge in [-0.3, -0.25) is 9.18 Å². The van der Waals surface area contributed by atoms with Crippen LogP contribution in [0.3, 0.4) is 0 Å². The van der Waals surface area contributed by atoms with Crippen LogP contribution >= 0.6 is 0 Å². The number of halogens is 1. The number of benzene rings is 1. The molecule has 2 N–H and O–H groups in total. The van der Waals surface area contributed by atoms with Crippen molar-refractivity contribution in [3.63, 3.8) is 0 Å². The van der Waals surface area contributed by atoms with Gasteiger partial charge in [0.25, 0.3) is 0 Å². The summed E-state index contributed by atoms with van der Waals surface area (Å²) in [7, 11) is 0.500. The summed E-state index contributed by atoms with van der Waals surface area (Å²) in [6.45, 7) is 4.96. The average Bonchev–Trinajstić information content (AvgIpc) is 2.81. The summed E-state index contributed by atoms with van der Waals surface area (Å²) in [5.74, 6) is 0.342. The summed E-state index contributed by atoms with van der Waals surface area (Å²) in [6, 6.07) is 7.85. The molecule has 1 saturated heterocycles. The van der Waals surface area contributed by atoms with Gasteiger partial charge in [-0.2, -0.15) is 0 Å². The van der Waals surface area contributed by atoms with Gasteiger partial charge in [0, 0.05) is 6.54 Å². The molecule has 0 spiro atoms. The van der Waals surface area contributed by atoms with Gasteiger partial charge in [-0.15, -0.1) is 0 Å². The van der Waals surface area contributed by atoms with Crippen LogP contribution in [0.15, 0.2) is 24.3 Å². The van der Waals surface area contributed by atoms with Crippen LogP contribution in [0.4, 0.5) is 4.39 Å². The number of rotatable bonds is 3. The lowest BCUT2D eigenvalue weighted by molar-refractivity contribution is -0.127. The van der Waals surface area contributed by atoms with Crippen LogP contribution in [-0.4, -0.2) is 24.7 Å². The van der Waals surface area contributed by atoms with Crippen LogP contribution in [-0.2, 0) is 11.4 Å². The highest BCUT2D eigenvalue weighted by Gasteiger charge is 2.42. The van der Waals surface area contributed by atoms with Gasteiger partial charge in [0.1, 0.15) is 0 Å². The molecule has 1 aliphatic rings. The van der Waals surface area contributed by atoms with Crippen LogP contribution < -0.4 is 5.32 Å². The van der Waals surface area contributed by atoms with E-state index in [2.05, 4.69) is 12.2 Å². The Labute approximate surface area is 113 Å². The number of hydrogen-bond acceptors (Lipinski definition) is 2. The molecule has 0 radical (unpaired) electrons. The molecule has 0 saturated carbocycles. The molecule has 4 heteroatoms. The maximum Gasteiger partial charge on any atom is 0.226 e. The summed E-state index contributed by atoms with van der Waals surface area (Å²) in [5, 5.41) is 11.9. The zero-order chi connectivity index (χ0) is 14.5. The topological polar surface area (TPSA) is 49.3 Å². The minimum atomic E-state index is -0.305. The summed E-state index contributed by atoms with van der Waals surface area (Å²) in [4.78, 5) is 11.9. The van der Waals surface area contributed by atoms with Gasteiger partial charge in [0.2, 0.25) is 5.91 Å². The minimum absolute atomic E-state index is 0.0619. The Kier molecular flexibility index (Phi) is 5.48. The number of aliphatic hydroxyl groups is 1. The fraction of sp³-hybridized carbons (Fsp3) is 0.533. The Morgan fingerprint density at radius 3 is 2.37 bits per heavy atom. The van der Waals surface area contributed by atoms with Gasteiger partial charge in [-0.05, 0) is 23.5 Å². The number of amides is 1. The molecule has 106 valence electrons. The quantitative estimate of drug-likeness (QED) is 0.883. The van der Waals surface area contributed by atoms with Crippen molar-refractivity contribution in [2.24, 2.45) is 5.41 Å². The molecule has 1 aromatic carbocycles. The van der Waals surface area contributed by atoms with Gasteiger partial charge in [-0.25, -0.2) is 0 Å². The number of carbonyl (C=O) groups is 1. The number of alkyl halides is 1. The first kappa shape index (κ1) is 15.6. The van der Waals surface area contributed by atoms with Crippen LogP contribution in [0.25, 0.3) is 0 Å². The van der Waals surface area contributed by atoms with E-state index in [1.54, 1.807) is 0 Å². The number of carbonyl (C=O) groups excluding carboxylic acids is 1.